The largest absolute Gasteiger partial charge is 0.459 e. The monoisotopic (exact) mass is 1030 g/mol. The van der Waals surface area contributed by atoms with Gasteiger partial charge in [0.25, 0.3) is 0 Å². The van der Waals surface area contributed by atoms with Crippen LogP contribution in [0.1, 0.15) is 53.3 Å². The van der Waals surface area contributed by atoms with E-state index in [4.69, 9.17) is 52.1 Å². The Kier molecular flexibility index (Phi) is 19.3. The summed E-state index contributed by atoms with van der Waals surface area (Å²) in [5.74, 6) is -2.19. The van der Waals surface area contributed by atoms with Gasteiger partial charge in [-0.15, -0.1) is 0 Å². The molecule has 2 fully saturated rings. The Morgan fingerprint density at radius 3 is 1.20 bits per heavy atom. The van der Waals surface area contributed by atoms with Crippen LogP contribution in [0.25, 0.3) is 0 Å². The standard InChI is InChI=1S/C62H60O14/c1-66-61-57(75-60(65)49-35-21-8-22-36-49)55(74-59(64)48-33-19-7-20-34-48)53(51(72-61)42-71-58(63)47-31-17-6-18-32-47)76-62-56(70-40-46-29-15-5-16-30-46)54(69-39-45-27-13-4-14-28-45)52(68-38-44-25-11-3-12-26-44)50(73-62)41-67-37-43-23-9-2-10-24-43/h2-36,50-57,61-62H,37-42H2,1H3/t50-,51-,52+,53+,54+,55+,56-,57-,61-,62+/m1/s1. The molecule has 0 N–H and O–H groups in total. The maximum absolute atomic E-state index is 14.4. The van der Waals surface area contributed by atoms with Crippen LogP contribution in [0.2, 0.25) is 0 Å². The second kappa shape index (κ2) is 27.4. The third kappa shape index (κ3) is 14.5. The van der Waals surface area contributed by atoms with Gasteiger partial charge >= 0.3 is 17.9 Å². The molecule has 7 aromatic carbocycles. The molecular weight excluding hydrogens is 969 g/mol. The lowest BCUT2D eigenvalue weighted by molar-refractivity contribution is -0.367. The number of hydrogen-bond acceptors (Lipinski definition) is 14. The second-order valence-electron chi connectivity index (χ2n) is 18.1. The van der Waals surface area contributed by atoms with Crippen LogP contribution >= 0.6 is 0 Å². The zero-order valence-electron chi connectivity index (χ0n) is 41.9. The molecule has 10 atom stereocenters. The molecule has 0 aromatic heterocycles. The van der Waals surface area contributed by atoms with E-state index in [1.54, 1.807) is 91.0 Å². The van der Waals surface area contributed by atoms with E-state index in [0.29, 0.717) is 0 Å². The molecule has 7 aromatic rings. The molecule has 9 rings (SSSR count). The van der Waals surface area contributed by atoms with Gasteiger partial charge in [-0.2, -0.15) is 0 Å². The van der Waals surface area contributed by atoms with E-state index >= 15 is 0 Å². The van der Waals surface area contributed by atoms with Crippen molar-refractivity contribution in [1.29, 1.82) is 0 Å². The van der Waals surface area contributed by atoms with Gasteiger partial charge in [-0.1, -0.05) is 176 Å². The van der Waals surface area contributed by atoms with Gasteiger partial charge in [0, 0.05) is 7.11 Å². The first-order chi connectivity index (χ1) is 37.4. The average molecular weight is 1030 g/mol. The molecular formula is C62H60O14. The Morgan fingerprint density at radius 1 is 0.368 bits per heavy atom. The highest BCUT2D eigenvalue weighted by Crippen LogP contribution is 2.37. The van der Waals surface area contributed by atoms with Crippen LogP contribution in [0.4, 0.5) is 0 Å². The number of esters is 3. The van der Waals surface area contributed by atoms with Crippen molar-refractivity contribution in [2.24, 2.45) is 0 Å². The zero-order valence-corrected chi connectivity index (χ0v) is 41.9. The van der Waals surface area contributed by atoms with Gasteiger partial charge in [-0.25, -0.2) is 14.4 Å². The molecule has 2 aliphatic rings. The van der Waals surface area contributed by atoms with E-state index < -0.39 is 85.9 Å². The van der Waals surface area contributed by atoms with Gasteiger partial charge in [-0.3, -0.25) is 0 Å². The van der Waals surface area contributed by atoms with Crippen molar-refractivity contribution in [3.8, 4) is 0 Å². The van der Waals surface area contributed by atoms with Crippen LogP contribution in [0, 0.1) is 0 Å². The molecule has 0 saturated carbocycles. The lowest BCUT2D eigenvalue weighted by Crippen LogP contribution is -2.67. The molecule has 2 aliphatic heterocycles. The van der Waals surface area contributed by atoms with Crippen molar-refractivity contribution < 1.29 is 66.5 Å². The Bertz CT molecular complexity index is 2830. The summed E-state index contributed by atoms with van der Waals surface area (Å²) >= 11 is 0. The zero-order chi connectivity index (χ0) is 52.3. The third-order valence-corrected chi connectivity index (χ3v) is 12.8. The van der Waals surface area contributed by atoms with Crippen LogP contribution in [0.15, 0.2) is 212 Å². The Labute approximate surface area is 442 Å². The van der Waals surface area contributed by atoms with Crippen LogP contribution in [-0.2, 0) is 78.5 Å². The summed E-state index contributed by atoms with van der Waals surface area (Å²) < 4.78 is 72.9. The van der Waals surface area contributed by atoms with Crippen LogP contribution in [-0.4, -0.2) is 99.6 Å². The number of rotatable bonds is 23. The Hall–Kier alpha value is -7.37. The minimum atomic E-state index is -1.51. The summed E-state index contributed by atoms with van der Waals surface area (Å²) in [5.41, 5.74) is 4.27. The smallest absolute Gasteiger partial charge is 0.338 e. The second-order valence-corrected chi connectivity index (χ2v) is 18.1. The first-order valence-corrected chi connectivity index (χ1v) is 25.2. The summed E-state index contributed by atoms with van der Waals surface area (Å²) in [4.78, 5) is 42.2. The van der Waals surface area contributed by atoms with E-state index in [9.17, 15) is 14.4 Å². The topological polar surface area (TPSA) is 153 Å². The quantitative estimate of drug-likeness (QED) is 0.0441. The lowest BCUT2D eigenvalue weighted by Gasteiger charge is -2.49. The first-order valence-electron chi connectivity index (χ1n) is 25.2. The number of carbonyl (C=O) groups is 3. The number of methoxy groups -OCH3 is 1. The van der Waals surface area contributed by atoms with Crippen molar-refractivity contribution in [2.45, 2.75) is 87.8 Å². The summed E-state index contributed by atoms with van der Waals surface area (Å²) in [5, 5.41) is 0. The maximum Gasteiger partial charge on any atom is 0.338 e. The molecule has 14 heteroatoms. The van der Waals surface area contributed by atoms with E-state index in [-0.39, 0.29) is 49.7 Å². The van der Waals surface area contributed by atoms with Crippen molar-refractivity contribution in [2.75, 3.05) is 20.3 Å². The number of carbonyl (C=O) groups excluding carboxylic acids is 3. The molecule has 392 valence electrons. The van der Waals surface area contributed by atoms with Gasteiger partial charge in [0.2, 0.25) is 0 Å². The highest BCUT2D eigenvalue weighted by molar-refractivity contribution is 5.90. The number of benzene rings is 7. The highest BCUT2D eigenvalue weighted by atomic mass is 16.8. The summed E-state index contributed by atoms with van der Waals surface area (Å²) in [6.07, 6.45) is -12.2. The van der Waals surface area contributed by atoms with E-state index in [0.717, 1.165) is 22.3 Å². The molecule has 0 unspecified atom stereocenters. The Balaban J connectivity index is 1.14. The molecule has 2 saturated heterocycles. The van der Waals surface area contributed by atoms with Crippen molar-refractivity contribution in [3.05, 3.63) is 251 Å². The van der Waals surface area contributed by atoms with Crippen molar-refractivity contribution in [1.82, 2.24) is 0 Å². The lowest BCUT2D eigenvalue weighted by atomic mass is 9.95. The van der Waals surface area contributed by atoms with Crippen molar-refractivity contribution in [3.63, 3.8) is 0 Å². The number of ether oxygens (including phenoxy) is 11. The maximum atomic E-state index is 14.4. The van der Waals surface area contributed by atoms with Gasteiger partial charge in [-0.05, 0) is 58.7 Å². The minimum Gasteiger partial charge on any atom is -0.459 e. The van der Waals surface area contributed by atoms with E-state index in [1.807, 2.05) is 121 Å². The first kappa shape index (κ1) is 53.5. The van der Waals surface area contributed by atoms with Crippen LogP contribution in [0.5, 0.6) is 0 Å². The molecule has 0 spiro atoms. The molecule has 76 heavy (non-hydrogen) atoms. The van der Waals surface area contributed by atoms with E-state index in [2.05, 4.69) is 0 Å². The molecule has 14 nitrogen and oxygen atoms in total. The normalized spacial score (nSPS) is 23.2. The molecule has 0 amide bonds. The fourth-order valence-electron chi connectivity index (χ4n) is 8.98. The number of hydrogen-bond donors (Lipinski definition) is 0. The van der Waals surface area contributed by atoms with Crippen molar-refractivity contribution >= 4 is 17.9 Å². The molecule has 0 radical (unpaired) electrons. The summed E-state index contributed by atoms with van der Waals surface area (Å²) in [6, 6.07) is 64.0. The Morgan fingerprint density at radius 2 is 0.737 bits per heavy atom. The van der Waals surface area contributed by atoms with Gasteiger partial charge < -0.3 is 52.1 Å². The summed E-state index contributed by atoms with van der Waals surface area (Å²) in [6.45, 7) is 0.203. The van der Waals surface area contributed by atoms with Crippen LogP contribution in [0.3, 0.4) is 0 Å². The minimum absolute atomic E-state index is 0.000416. The average Bonchev–Trinajstić information content (AvgIpc) is 3.48. The van der Waals surface area contributed by atoms with Gasteiger partial charge in [0.05, 0.1) is 49.7 Å². The van der Waals surface area contributed by atoms with Crippen LogP contribution < -0.4 is 0 Å². The predicted octanol–water partition coefficient (Wildman–Crippen LogP) is 9.75. The predicted molar refractivity (Wildman–Crippen MR) is 278 cm³/mol. The fraction of sp³-hybridized carbons (Fsp3) is 0.274. The van der Waals surface area contributed by atoms with Gasteiger partial charge in [0.15, 0.2) is 24.8 Å². The third-order valence-electron chi connectivity index (χ3n) is 12.8. The highest BCUT2D eigenvalue weighted by Gasteiger charge is 2.56. The van der Waals surface area contributed by atoms with Gasteiger partial charge in [0.1, 0.15) is 43.2 Å². The summed E-state index contributed by atoms with van der Waals surface area (Å²) in [7, 11) is 1.36. The molecule has 0 bridgehead atoms. The van der Waals surface area contributed by atoms with E-state index in [1.165, 1.54) is 7.11 Å². The molecule has 0 aliphatic carbocycles. The SMILES string of the molecule is CO[C@@H]1O[C@H](COC(=O)c2ccccc2)[C@H](O[C@@H]2O[C@H](COCc3ccccc3)[C@H](OCc3ccccc3)[C@H](OCc3ccccc3)[C@H]2OCc2ccccc2)[C@H](OC(=O)c2ccccc2)[C@H]1OC(=O)c1ccccc1. The molecule has 2 heterocycles. The fourth-order valence-corrected chi connectivity index (χ4v) is 8.98.